The summed E-state index contributed by atoms with van der Waals surface area (Å²) in [6.45, 7) is 0.0813. The van der Waals surface area contributed by atoms with E-state index in [-0.39, 0.29) is 12.4 Å². The van der Waals surface area contributed by atoms with Crippen LogP contribution in [0.15, 0.2) is 50.0 Å². The Hall–Kier alpha value is -2.15. The predicted molar refractivity (Wildman–Crippen MR) is 70.4 cm³/mol. The molecule has 7 heteroatoms. The molecule has 0 aliphatic carbocycles. The van der Waals surface area contributed by atoms with Crippen LogP contribution in [0.4, 0.5) is 4.39 Å². The molecule has 3 aromatic rings. The second-order valence-electron chi connectivity index (χ2n) is 3.85. The van der Waals surface area contributed by atoms with Crippen molar-refractivity contribution < 1.29 is 18.1 Å². The first-order valence-electron chi connectivity index (χ1n) is 5.67. The Morgan fingerprint density at radius 1 is 1.30 bits per heavy atom. The number of halogens is 2. The van der Waals surface area contributed by atoms with Gasteiger partial charge in [0.25, 0.3) is 5.89 Å². The summed E-state index contributed by atoms with van der Waals surface area (Å²) in [4.78, 5) is 4.13. The lowest BCUT2D eigenvalue weighted by Crippen LogP contribution is -1.96. The van der Waals surface area contributed by atoms with Crippen LogP contribution in [0.25, 0.3) is 11.6 Å². The third-order valence-electron chi connectivity index (χ3n) is 2.45. The van der Waals surface area contributed by atoms with Gasteiger partial charge in [-0.05, 0) is 46.3 Å². The smallest absolute Gasteiger partial charge is 0.264 e. The van der Waals surface area contributed by atoms with E-state index >= 15 is 0 Å². The molecule has 0 bridgehead atoms. The van der Waals surface area contributed by atoms with Crippen LogP contribution in [0.3, 0.4) is 0 Å². The van der Waals surface area contributed by atoms with Crippen molar-refractivity contribution in [2.75, 3.05) is 0 Å². The van der Waals surface area contributed by atoms with Crippen molar-refractivity contribution in [1.82, 2.24) is 10.1 Å². The zero-order valence-electron chi connectivity index (χ0n) is 10.0. The molecule has 0 unspecified atom stereocenters. The highest BCUT2D eigenvalue weighted by Crippen LogP contribution is 2.26. The lowest BCUT2D eigenvalue weighted by Gasteiger charge is -2.05. The van der Waals surface area contributed by atoms with Gasteiger partial charge in [0.1, 0.15) is 11.6 Å². The first-order chi connectivity index (χ1) is 9.72. The molecule has 1 aromatic carbocycles. The number of furan rings is 1. The van der Waals surface area contributed by atoms with Crippen molar-refractivity contribution in [3.05, 3.63) is 52.8 Å². The number of hydrogen-bond donors (Lipinski definition) is 0. The average Bonchev–Trinajstić information content (AvgIpc) is 3.08. The molecule has 0 saturated carbocycles. The molecule has 0 radical (unpaired) electrons. The average molecular weight is 339 g/mol. The Kier molecular flexibility index (Phi) is 3.51. The van der Waals surface area contributed by atoms with Crippen LogP contribution in [0.2, 0.25) is 0 Å². The Bertz CT molecular complexity index is 712. The van der Waals surface area contributed by atoms with E-state index in [1.54, 1.807) is 12.1 Å². The maximum absolute atomic E-state index is 12.9. The summed E-state index contributed by atoms with van der Waals surface area (Å²) < 4.78 is 29.1. The summed E-state index contributed by atoms with van der Waals surface area (Å²) in [6.07, 6.45) is 1.53. The predicted octanol–water partition coefficient (Wildman–Crippen LogP) is 3.81. The van der Waals surface area contributed by atoms with E-state index in [2.05, 4.69) is 26.1 Å². The van der Waals surface area contributed by atoms with Gasteiger partial charge in [0.15, 0.2) is 12.4 Å². The molecule has 5 nitrogen and oxygen atoms in total. The minimum atomic E-state index is -0.345. The van der Waals surface area contributed by atoms with Crippen LogP contribution in [-0.2, 0) is 6.61 Å². The van der Waals surface area contributed by atoms with Crippen molar-refractivity contribution >= 4 is 15.9 Å². The molecule has 3 rings (SSSR count). The van der Waals surface area contributed by atoms with Crippen LogP contribution < -0.4 is 4.74 Å². The van der Waals surface area contributed by atoms with Crippen LogP contribution in [0.5, 0.6) is 5.75 Å². The van der Waals surface area contributed by atoms with Crippen LogP contribution in [0.1, 0.15) is 5.89 Å². The Morgan fingerprint density at radius 2 is 2.20 bits per heavy atom. The van der Waals surface area contributed by atoms with Gasteiger partial charge in [0, 0.05) is 0 Å². The van der Waals surface area contributed by atoms with Crippen molar-refractivity contribution in [3.8, 4) is 17.3 Å². The van der Waals surface area contributed by atoms with E-state index in [0.29, 0.717) is 27.7 Å². The van der Waals surface area contributed by atoms with Crippen molar-refractivity contribution in [2.45, 2.75) is 6.61 Å². The van der Waals surface area contributed by atoms with E-state index in [9.17, 15) is 4.39 Å². The lowest BCUT2D eigenvalue weighted by atomic mass is 10.3. The standard InChI is InChI=1S/C13H8BrFN2O3/c14-9-6-8(15)3-4-10(9)19-7-12-16-13(17-20-12)11-2-1-5-18-11/h1-6H,7H2. The molecule has 0 fully saturated rings. The van der Waals surface area contributed by atoms with E-state index in [4.69, 9.17) is 13.7 Å². The minimum Gasteiger partial charge on any atom is -0.483 e. The van der Waals surface area contributed by atoms with Crippen molar-refractivity contribution in [3.63, 3.8) is 0 Å². The van der Waals surface area contributed by atoms with Gasteiger partial charge >= 0.3 is 0 Å². The molecule has 102 valence electrons. The molecule has 0 saturated heterocycles. The van der Waals surface area contributed by atoms with Crippen LogP contribution in [0, 0.1) is 5.82 Å². The van der Waals surface area contributed by atoms with Gasteiger partial charge in [-0.25, -0.2) is 4.39 Å². The topological polar surface area (TPSA) is 61.3 Å². The quantitative estimate of drug-likeness (QED) is 0.723. The molecule has 20 heavy (non-hydrogen) atoms. The summed E-state index contributed by atoms with van der Waals surface area (Å²) in [5, 5.41) is 3.78. The van der Waals surface area contributed by atoms with Crippen LogP contribution >= 0.6 is 15.9 Å². The van der Waals surface area contributed by atoms with E-state index in [1.807, 2.05) is 0 Å². The van der Waals surface area contributed by atoms with Crippen molar-refractivity contribution in [1.29, 1.82) is 0 Å². The Balaban J connectivity index is 1.70. The van der Waals surface area contributed by atoms with E-state index in [0.717, 1.165) is 0 Å². The van der Waals surface area contributed by atoms with Crippen LogP contribution in [-0.4, -0.2) is 10.1 Å². The van der Waals surface area contributed by atoms with Gasteiger partial charge in [-0.2, -0.15) is 4.98 Å². The van der Waals surface area contributed by atoms with E-state index in [1.165, 1.54) is 24.5 Å². The largest absolute Gasteiger partial charge is 0.483 e. The van der Waals surface area contributed by atoms with Gasteiger partial charge in [0.05, 0.1) is 10.7 Å². The van der Waals surface area contributed by atoms with Gasteiger partial charge in [0.2, 0.25) is 5.82 Å². The second kappa shape index (κ2) is 5.46. The third kappa shape index (κ3) is 2.72. The first kappa shape index (κ1) is 12.9. The summed E-state index contributed by atoms with van der Waals surface area (Å²) in [6, 6.07) is 7.60. The van der Waals surface area contributed by atoms with Gasteiger partial charge < -0.3 is 13.7 Å². The van der Waals surface area contributed by atoms with Gasteiger partial charge in [-0.3, -0.25) is 0 Å². The molecule has 0 N–H and O–H groups in total. The molecule has 2 heterocycles. The fourth-order valence-corrected chi connectivity index (χ4v) is 2.02. The number of benzene rings is 1. The zero-order chi connectivity index (χ0) is 13.9. The number of hydrogen-bond acceptors (Lipinski definition) is 5. The van der Waals surface area contributed by atoms with E-state index < -0.39 is 0 Å². The lowest BCUT2D eigenvalue weighted by molar-refractivity contribution is 0.241. The number of ether oxygens (including phenoxy) is 1. The molecule has 0 spiro atoms. The maximum atomic E-state index is 12.9. The summed E-state index contributed by atoms with van der Waals surface area (Å²) in [7, 11) is 0. The number of rotatable bonds is 4. The summed E-state index contributed by atoms with van der Waals surface area (Å²) >= 11 is 3.21. The molecule has 0 aliphatic rings. The Morgan fingerprint density at radius 3 is 2.95 bits per heavy atom. The molecule has 0 aliphatic heterocycles. The molecule has 0 atom stereocenters. The third-order valence-corrected chi connectivity index (χ3v) is 3.07. The fraction of sp³-hybridized carbons (Fsp3) is 0.0769. The minimum absolute atomic E-state index is 0.0813. The number of nitrogens with zero attached hydrogens (tertiary/aromatic N) is 2. The van der Waals surface area contributed by atoms with Gasteiger partial charge in [-0.15, -0.1) is 0 Å². The highest BCUT2D eigenvalue weighted by molar-refractivity contribution is 9.10. The monoisotopic (exact) mass is 338 g/mol. The molecular weight excluding hydrogens is 331 g/mol. The fourth-order valence-electron chi connectivity index (χ4n) is 1.55. The summed E-state index contributed by atoms with van der Waals surface area (Å²) in [5.41, 5.74) is 0. The molecular formula is C13H8BrFN2O3. The first-order valence-corrected chi connectivity index (χ1v) is 6.46. The zero-order valence-corrected chi connectivity index (χ0v) is 11.6. The Labute approximate surface area is 121 Å². The summed E-state index contributed by atoms with van der Waals surface area (Å²) in [5.74, 6) is 1.31. The number of aromatic nitrogens is 2. The van der Waals surface area contributed by atoms with Crippen molar-refractivity contribution in [2.24, 2.45) is 0 Å². The maximum Gasteiger partial charge on any atom is 0.264 e. The highest BCUT2D eigenvalue weighted by Gasteiger charge is 2.12. The normalized spacial score (nSPS) is 10.7. The second-order valence-corrected chi connectivity index (χ2v) is 4.71. The highest BCUT2D eigenvalue weighted by atomic mass is 79.9. The molecule has 0 amide bonds. The SMILES string of the molecule is Fc1ccc(OCc2nc(-c3ccco3)no2)c(Br)c1. The van der Waals surface area contributed by atoms with Gasteiger partial charge in [-0.1, -0.05) is 5.16 Å². The molecule has 2 aromatic heterocycles.